The summed E-state index contributed by atoms with van der Waals surface area (Å²) >= 11 is 0. The molecule has 0 bridgehead atoms. The lowest BCUT2D eigenvalue weighted by molar-refractivity contribution is 0.740. The minimum atomic E-state index is 0.598. The van der Waals surface area contributed by atoms with Crippen LogP contribution in [0.2, 0.25) is 0 Å². The zero-order valence-electron chi connectivity index (χ0n) is 9.59. The molecule has 0 aromatic carbocycles. The summed E-state index contributed by atoms with van der Waals surface area (Å²) in [5.41, 5.74) is 5.81. The van der Waals surface area contributed by atoms with Crippen molar-refractivity contribution >= 4 is 0 Å². The molecule has 0 radical (unpaired) electrons. The van der Waals surface area contributed by atoms with Crippen molar-refractivity contribution in [2.24, 2.45) is 0 Å². The van der Waals surface area contributed by atoms with E-state index in [1.807, 2.05) is 0 Å². The maximum absolute atomic E-state index is 4.59. The van der Waals surface area contributed by atoms with E-state index in [4.69, 9.17) is 0 Å². The van der Waals surface area contributed by atoms with E-state index in [1.165, 1.54) is 35.2 Å². The van der Waals surface area contributed by atoms with Crippen molar-refractivity contribution in [3.63, 3.8) is 0 Å². The molecule has 0 fully saturated rings. The van der Waals surface area contributed by atoms with E-state index in [0.717, 1.165) is 5.92 Å². The van der Waals surface area contributed by atoms with Crippen molar-refractivity contribution in [2.45, 2.75) is 52.4 Å². The molecule has 0 amide bonds. The Morgan fingerprint density at radius 2 is 2.14 bits per heavy atom. The van der Waals surface area contributed by atoms with Crippen LogP contribution in [0, 0.1) is 6.92 Å². The van der Waals surface area contributed by atoms with Gasteiger partial charge in [0.1, 0.15) is 0 Å². The van der Waals surface area contributed by atoms with Crippen LogP contribution in [0.5, 0.6) is 0 Å². The van der Waals surface area contributed by atoms with E-state index >= 15 is 0 Å². The maximum atomic E-state index is 4.59. The van der Waals surface area contributed by atoms with E-state index in [2.05, 4.69) is 38.9 Å². The molecule has 1 atom stereocenters. The molecule has 0 N–H and O–H groups in total. The minimum Gasteiger partial charge on any atom is -0.261 e. The molecular weight excluding hydrogens is 170 g/mol. The molecule has 0 saturated carbocycles. The highest BCUT2D eigenvalue weighted by molar-refractivity contribution is 5.41. The number of aromatic nitrogens is 1. The fraction of sp³-hybridized carbons (Fsp3) is 0.615. The predicted molar refractivity (Wildman–Crippen MR) is 59.8 cm³/mol. The van der Waals surface area contributed by atoms with Gasteiger partial charge in [0.2, 0.25) is 0 Å². The molecule has 1 unspecified atom stereocenters. The lowest BCUT2D eigenvalue weighted by Crippen LogP contribution is -2.01. The van der Waals surface area contributed by atoms with Gasteiger partial charge in [0.05, 0.1) is 0 Å². The number of nitrogens with zero attached hydrogens (tertiary/aromatic N) is 1. The number of aryl methyl sites for hydroxylation is 1. The summed E-state index contributed by atoms with van der Waals surface area (Å²) < 4.78 is 0. The van der Waals surface area contributed by atoms with Crippen LogP contribution in [0.25, 0.3) is 0 Å². The monoisotopic (exact) mass is 189 g/mol. The van der Waals surface area contributed by atoms with Crippen molar-refractivity contribution in [1.82, 2.24) is 4.98 Å². The van der Waals surface area contributed by atoms with Gasteiger partial charge >= 0.3 is 0 Å². The van der Waals surface area contributed by atoms with Gasteiger partial charge in [0.15, 0.2) is 0 Å². The quantitative estimate of drug-likeness (QED) is 0.658. The Kier molecular flexibility index (Phi) is 2.34. The zero-order valence-corrected chi connectivity index (χ0v) is 9.59. The Bertz CT molecular complexity index is 352. The Morgan fingerprint density at radius 1 is 1.43 bits per heavy atom. The van der Waals surface area contributed by atoms with Gasteiger partial charge < -0.3 is 0 Å². The molecule has 1 aromatic rings. The van der Waals surface area contributed by atoms with Crippen LogP contribution in [0.4, 0.5) is 0 Å². The van der Waals surface area contributed by atoms with Gasteiger partial charge in [-0.2, -0.15) is 0 Å². The molecule has 0 aliphatic heterocycles. The van der Waals surface area contributed by atoms with Gasteiger partial charge in [0, 0.05) is 11.9 Å². The third-order valence-electron chi connectivity index (χ3n) is 3.44. The SMILES string of the molecule is Cc1c(C(C)C)cnc2c1C(C)CC2. The van der Waals surface area contributed by atoms with Crippen molar-refractivity contribution in [3.05, 3.63) is 28.6 Å². The second-order valence-corrected chi connectivity index (χ2v) is 4.79. The second kappa shape index (κ2) is 3.38. The lowest BCUT2D eigenvalue weighted by atomic mass is 9.92. The number of pyridine rings is 1. The highest BCUT2D eigenvalue weighted by Crippen LogP contribution is 2.36. The summed E-state index contributed by atoms with van der Waals surface area (Å²) in [4.78, 5) is 4.59. The first-order chi connectivity index (χ1) is 6.61. The molecule has 0 spiro atoms. The van der Waals surface area contributed by atoms with E-state index < -0.39 is 0 Å². The number of hydrogen-bond acceptors (Lipinski definition) is 1. The average Bonchev–Trinajstić information content (AvgIpc) is 2.48. The van der Waals surface area contributed by atoms with Crippen LogP contribution in [0.15, 0.2) is 6.20 Å². The summed E-state index contributed by atoms with van der Waals surface area (Å²) in [7, 11) is 0. The van der Waals surface area contributed by atoms with Gasteiger partial charge in [-0.1, -0.05) is 20.8 Å². The van der Waals surface area contributed by atoms with E-state index in [0.29, 0.717) is 5.92 Å². The molecule has 1 aliphatic carbocycles. The summed E-state index contributed by atoms with van der Waals surface area (Å²) in [6.07, 6.45) is 4.54. The van der Waals surface area contributed by atoms with Crippen LogP contribution in [-0.2, 0) is 6.42 Å². The van der Waals surface area contributed by atoms with E-state index in [9.17, 15) is 0 Å². The predicted octanol–water partition coefficient (Wildman–Crippen LogP) is 3.56. The fourth-order valence-electron chi connectivity index (χ4n) is 2.62. The smallest absolute Gasteiger partial charge is 0.0441 e. The van der Waals surface area contributed by atoms with Crippen molar-refractivity contribution in [2.75, 3.05) is 0 Å². The third kappa shape index (κ3) is 1.35. The molecule has 1 heteroatoms. The first-order valence-electron chi connectivity index (χ1n) is 5.59. The van der Waals surface area contributed by atoms with E-state index in [-0.39, 0.29) is 0 Å². The van der Waals surface area contributed by atoms with Crippen LogP contribution in [0.1, 0.15) is 61.4 Å². The zero-order chi connectivity index (χ0) is 10.3. The number of rotatable bonds is 1. The molecular formula is C13H19N. The average molecular weight is 189 g/mol. The van der Waals surface area contributed by atoms with Gasteiger partial charge in [0.25, 0.3) is 0 Å². The number of fused-ring (bicyclic) bond motifs is 1. The number of hydrogen-bond donors (Lipinski definition) is 0. The Labute approximate surface area is 86.6 Å². The summed E-state index contributed by atoms with van der Waals surface area (Å²) in [6, 6.07) is 0. The Balaban J connectivity index is 2.56. The van der Waals surface area contributed by atoms with Crippen LogP contribution < -0.4 is 0 Å². The topological polar surface area (TPSA) is 12.9 Å². The molecule has 14 heavy (non-hydrogen) atoms. The first-order valence-corrected chi connectivity index (χ1v) is 5.59. The maximum Gasteiger partial charge on any atom is 0.0441 e. The summed E-state index contributed by atoms with van der Waals surface area (Å²) in [6.45, 7) is 9.08. The molecule has 1 heterocycles. The molecule has 76 valence electrons. The van der Waals surface area contributed by atoms with Crippen LogP contribution in [0.3, 0.4) is 0 Å². The van der Waals surface area contributed by atoms with Crippen molar-refractivity contribution in [3.8, 4) is 0 Å². The minimum absolute atomic E-state index is 0.598. The van der Waals surface area contributed by atoms with Gasteiger partial charge in [-0.15, -0.1) is 0 Å². The first kappa shape index (κ1) is 9.70. The molecule has 2 rings (SSSR count). The van der Waals surface area contributed by atoms with Gasteiger partial charge in [-0.25, -0.2) is 0 Å². The largest absolute Gasteiger partial charge is 0.261 e. The highest BCUT2D eigenvalue weighted by atomic mass is 14.7. The van der Waals surface area contributed by atoms with Crippen LogP contribution >= 0.6 is 0 Å². The van der Waals surface area contributed by atoms with Gasteiger partial charge in [-0.3, -0.25) is 4.98 Å². The third-order valence-corrected chi connectivity index (χ3v) is 3.44. The fourth-order valence-corrected chi connectivity index (χ4v) is 2.62. The highest BCUT2D eigenvalue weighted by Gasteiger charge is 2.23. The Morgan fingerprint density at radius 3 is 2.79 bits per heavy atom. The molecule has 1 aliphatic rings. The van der Waals surface area contributed by atoms with Crippen LogP contribution in [-0.4, -0.2) is 4.98 Å². The summed E-state index contributed by atoms with van der Waals surface area (Å²) in [5.74, 6) is 1.32. The molecule has 0 saturated heterocycles. The molecule has 1 nitrogen and oxygen atoms in total. The summed E-state index contributed by atoms with van der Waals surface area (Å²) in [5, 5.41) is 0. The second-order valence-electron chi connectivity index (χ2n) is 4.79. The lowest BCUT2D eigenvalue weighted by Gasteiger charge is -2.15. The van der Waals surface area contributed by atoms with Crippen molar-refractivity contribution in [1.29, 1.82) is 0 Å². The standard InChI is InChI=1S/C13H19N/c1-8(2)11-7-14-12-6-5-9(3)13(12)10(11)4/h7-9H,5-6H2,1-4H3. The van der Waals surface area contributed by atoms with Gasteiger partial charge in [-0.05, 0) is 48.3 Å². The molecule has 1 aromatic heterocycles. The van der Waals surface area contributed by atoms with E-state index in [1.54, 1.807) is 0 Å². The van der Waals surface area contributed by atoms with Crippen molar-refractivity contribution < 1.29 is 0 Å². The Hall–Kier alpha value is -0.850. The normalized spacial score (nSPS) is 20.2.